The van der Waals surface area contributed by atoms with E-state index < -0.39 is 16.4 Å². The SMILES string of the molecule is O=[N+]([O-])c1ccc(NCc2cnc(Cl)s2)cc1F. The van der Waals surface area contributed by atoms with Crippen LogP contribution in [0.15, 0.2) is 24.4 Å². The van der Waals surface area contributed by atoms with Crippen molar-refractivity contribution >= 4 is 34.3 Å². The number of benzene rings is 1. The second kappa shape index (κ2) is 5.28. The Morgan fingerprint density at radius 3 is 2.89 bits per heavy atom. The van der Waals surface area contributed by atoms with E-state index in [1.54, 1.807) is 6.20 Å². The topological polar surface area (TPSA) is 68.1 Å². The number of nitrogens with zero attached hydrogens (tertiary/aromatic N) is 2. The van der Waals surface area contributed by atoms with Crippen molar-refractivity contribution in [1.29, 1.82) is 0 Å². The van der Waals surface area contributed by atoms with Crippen molar-refractivity contribution in [3.8, 4) is 0 Å². The maximum atomic E-state index is 13.3. The van der Waals surface area contributed by atoms with Gasteiger partial charge in [0.15, 0.2) is 4.47 Å². The molecule has 18 heavy (non-hydrogen) atoms. The van der Waals surface area contributed by atoms with Crippen LogP contribution in [-0.2, 0) is 6.54 Å². The molecular weight excluding hydrogens is 281 g/mol. The molecule has 0 atom stereocenters. The van der Waals surface area contributed by atoms with Gasteiger partial charge in [0.25, 0.3) is 0 Å². The van der Waals surface area contributed by atoms with Crippen LogP contribution in [0.2, 0.25) is 4.47 Å². The van der Waals surface area contributed by atoms with Gasteiger partial charge in [0.05, 0.1) is 11.5 Å². The van der Waals surface area contributed by atoms with E-state index in [0.717, 1.165) is 17.0 Å². The number of halogens is 2. The third kappa shape index (κ3) is 2.93. The number of nitrogens with one attached hydrogen (secondary N) is 1. The molecule has 1 aromatic carbocycles. The van der Waals surface area contributed by atoms with Gasteiger partial charge in [-0.3, -0.25) is 10.1 Å². The molecule has 0 bridgehead atoms. The molecule has 5 nitrogen and oxygen atoms in total. The van der Waals surface area contributed by atoms with Gasteiger partial charge in [-0.2, -0.15) is 4.39 Å². The Labute approximate surface area is 110 Å². The van der Waals surface area contributed by atoms with E-state index in [-0.39, 0.29) is 0 Å². The normalized spacial score (nSPS) is 10.3. The van der Waals surface area contributed by atoms with Crippen molar-refractivity contribution in [1.82, 2.24) is 4.98 Å². The fourth-order valence-electron chi connectivity index (χ4n) is 1.32. The van der Waals surface area contributed by atoms with E-state index in [2.05, 4.69) is 10.3 Å². The van der Waals surface area contributed by atoms with E-state index in [1.165, 1.54) is 17.4 Å². The fourth-order valence-corrected chi connectivity index (χ4v) is 2.24. The smallest absolute Gasteiger partial charge is 0.304 e. The average Bonchev–Trinajstić information content (AvgIpc) is 2.72. The average molecular weight is 288 g/mol. The van der Waals surface area contributed by atoms with Crippen LogP contribution >= 0.6 is 22.9 Å². The molecule has 0 unspecified atom stereocenters. The zero-order valence-electron chi connectivity index (χ0n) is 8.89. The second-order valence-electron chi connectivity index (χ2n) is 3.36. The number of anilines is 1. The summed E-state index contributed by atoms with van der Waals surface area (Å²) < 4.78 is 13.8. The molecule has 2 rings (SSSR count). The Balaban J connectivity index is 2.06. The van der Waals surface area contributed by atoms with E-state index in [9.17, 15) is 14.5 Å². The first-order valence-corrected chi connectivity index (χ1v) is 6.04. The van der Waals surface area contributed by atoms with Gasteiger partial charge in [0.2, 0.25) is 5.82 Å². The van der Waals surface area contributed by atoms with Crippen LogP contribution in [0.5, 0.6) is 0 Å². The van der Waals surface area contributed by atoms with E-state index >= 15 is 0 Å². The summed E-state index contributed by atoms with van der Waals surface area (Å²) in [5.74, 6) is -0.868. The maximum Gasteiger partial charge on any atom is 0.304 e. The third-order valence-electron chi connectivity index (χ3n) is 2.14. The van der Waals surface area contributed by atoms with Crippen molar-refractivity contribution in [2.24, 2.45) is 0 Å². The van der Waals surface area contributed by atoms with Gasteiger partial charge in [-0.15, -0.1) is 11.3 Å². The fraction of sp³-hybridized carbons (Fsp3) is 0.100. The molecule has 0 aliphatic carbocycles. The summed E-state index contributed by atoms with van der Waals surface area (Å²) in [6.07, 6.45) is 1.61. The maximum absolute atomic E-state index is 13.3. The Bertz CT molecular complexity index is 590. The highest BCUT2D eigenvalue weighted by atomic mass is 35.5. The Morgan fingerprint density at radius 1 is 1.56 bits per heavy atom. The molecule has 0 saturated carbocycles. The lowest BCUT2D eigenvalue weighted by Crippen LogP contribution is -1.99. The summed E-state index contributed by atoms with van der Waals surface area (Å²) in [6.45, 7) is 0.432. The highest BCUT2D eigenvalue weighted by Crippen LogP contribution is 2.22. The van der Waals surface area contributed by atoms with Crippen LogP contribution in [0.25, 0.3) is 0 Å². The second-order valence-corrected chi connectivity index (χ2v) is 5.05. The van der Waals surface area contributed by atoms with Crippen LogP contribution in [0, 0.1) is 15.9 Å². The molecule has 2 aromatic rings. The Kier molecular flexibility index (Phi) is 3.73. The first-order valence-electron chi connectivity index (χ1n) is 4.84. The molecular formula is C10H7ClFN3O2S. The standard InChI is InChI=1S/C10H7ClFN3O2S/c11-10-14-5-7(18-10)4-13-6-1-2-9(15(16)17)8(12)3-6/h1-3,5,13H,4H2. The zero-order chi connectivity index (χ0) is 13.1. The van der Waals surface area contributed by atoms with Crippen molar-refractivity contribution in [3.63, 3.8) is 0 Å². The molecule has 0 spiro atoms. The van der Waals surface area contributed by atoms with Gasteiger partial charge in [-0.05, 0) is 6.07 Å². The highest BCUT2D eigenvalue weighted by Gasteiger charge is 2.13. The minimum Gasteiger partial charge on any atom is -0.380 e. The molecule has 1 N–H and O–H groups in total. The first kappa shape index (κ1) is 12.7. The van der Waals surface area contributed by atoms with Crippen molar-refractivity contribution in [3.05, 3.63) is 49.7 Å². The van der Waals surface area contributed by atoms with Crippen molar-refractivity contribution in [2.75, 3.05) is 5.32 Å². The van der Waals surface area contributed by atoms with Crippen LogP contribution in [0.1, 0.15) is 4.88 Å². The predicted molar refractivity (Wildman–Crippen MR) is 67.5 cm³/mol. The van der Waals surface area contributed by atoms with E-state index in [0.29, 0.717) is 16.7 Å². The number of nitro groups is 1. The predicted octanol–water partition coefficient (Wildman–Crippen LogP) is 3.46. The molecule has 1 aromatic heterocycles. The summed E-state index contributed by atoms with van der Waals surface area (Å²) in [5, 5.41) is 13.4. The van der Waals surface area contributed by atoms with Crippen LogP contribution in [0.3, 0.4) is 0 Å². The molecule has 1 heterocycles. The number of hydrogen-bond acceptors (Lipinski definition) is 5. The number of aromatic nitrogens is 1. The third-order valence-corrected chi connectivity index (χ3v) is 3.25. The minimum atomic E-state index is -0.868. The first-order chi connectivity index (χ1) is 8.56. The molecule has 0 aliphatic heterocycles. The summed E-state index contributed by atoms with van der Waals surface area (Å²) in [4.78, 5) is 14.4. The molecule has 0 saturated heterocycles. The quantitative estimate of drug-likeness (QED) is 0.691. The summed E-state index contributed by atoms with van der Waals surface area (Å²) in [5.41, 5.74) is -0.0796. The number of nitro benzene ring substituents is 1. The molecule has 8 heteroatoms. The minimum absolute atomic E-state index is 0.432. The highest BCUT2D eigenvalue weighted by molar-refractivity contribution is 7.15. The monoisotopic (exact) mass is 287 g/mol. The lowest BCUT2D eigenvalue weighted by Gasteiger charge is -2.04. The lowest BCUT2D eigenvalue weighted by molar-refractivity contribution is -0.387. The molecule has 94 valence electrons. The largest absolute Gasteiger partial charge is 0.380 e. The van der Waals surface area contributed by atoms with Gasteiger partial charge in [0.1, 0.15) is 0 Å². The summed E-state index contributed by atoms with van der Waals surface area (Å²) in [6, 6.07) is 3.65. The van der Waals surface area contributed by atoms with Crippen LogP contribution < -0.4 is 5.32 Å². The van der Waals surface area contributed by atoms with E-state index in [4.69, 9.17) is 11.6 Å². The van der Waals surface area contributed by atoms with Crippen LogP contribution in [0.4, 0.5) is 15.8 Å². The van der Waals surface area contributed by atoms with Gasteiger partial charge in [-0.1, -0.05) is 11.6 Å². The molecule has 0 radical (unpaired) electrons. The van der Waals surface area contributed by atoms with Gasteiger partial charge in [0, 0.05) is 28.9 Å². The number of rotatable bonds is 4. The zero-order valence-corrected chi connectivity index (χ0v) is 10.5. The lowest BCUT2D eigenvalue weighted by atomic mass is 10.2. The summed E-state index contributed by atoms with van der Waals surface area (Å²) in [7, 11) is 0. The van der Waals surface area contributed by atoms with Crippen molar-refractivity contribution < 1.29 is 9.31 Å². The van der Waals surface area contributed by atoms with Crippen molar-refractivity contribution in [2.45, 2.75) is 6.54 Å². The van der Waals surface area contributed by atoms with Gasteiger partial charge >= 0.3 is 5.69 Å². The van der Waals surface area contributed by atoms with Crippen LogP contribution in [-0.4, -0.2) is 9.91 Å². The molecule has 0 amide bonds. The van der Waals surface area contributed by atoms with E-state index in [1.807, 2.05) is 0 Å². The molecule has 0 fully saturated rings. The Hall–Kier alpha value is -1.73. The number of hydrogen-bond donors (Lipinski definition) is 1. The molecule has 0 aliphatic rings. The van der Waals surface area contributed by atoms with Gasteiger partial charge < -0.3 is 5.32 Å². The number of thiazole rings is 1. The van der Waals surface area contributed by atoms with Gasteiger partial charge in [-0.25, -0.2) is 4.98 Å². The Morgan fingerprint density at radius 2 is 2.33 bits per heavy atom. The summed E-state index contributed by atoms with van der Waals surface area (Å²) >= 11 is 6.98.